The standard InChI is InChI=1S/C8H5ClN4O/c9-7-8(11-2-1-10-7)13-4-6(5-14)3-12-13/h1-5H. The highest BCUT2D eigenvalue weighted by atomic mass is 35.5. The molecule has 2 rings (SSSR count). The maximum Gasteiger partial charge on any atom is 0.191 e. The van der Waals surface area contributed by atoms with Gasteiger partial charge in [-0.15, -0.1) is 0 Å². The Hall–Kier alpha value is -1.75. The first-order valence-electron chi connectivity index (χ1n) is 3.78. The highest BCUT2D eigenvalue weighted by molar-refractivity contribution is 6.30. The van der Waals surface area contributed by atoms with E-state index < -0.39 is 0 Å². The van der Waals surface area contributed by atoms with Crippen LogP contribution < -0.4 is 0 Å². The number of aromatic nitrogens is 4. The molecular formula is C8H5ClN4O. The lowest BCUT2D eigenvalue weighted by Crippen LogP contribution is -1.99. The molecule has 5 nitrogen and oxygen atoms in total. The van der Waals surface area contributed by atoms with E-state index in [0.29, 0.717) is 17.7 Å². The van der Waals surface area contributed by atoms with Gasteiger partial charge in [-0.25, -0.2) is 14.6 Å². The van der Waals surface area contributed by atoms with Gasteiger partial charge in [0.1, 0.15) is 0 Å². The van der Waals surface area contributed by atoms with Crippen LogP contribution in [0.25, 0.3) is 5.82 Å². The Morgan fingerprint density at radius 3 is 2.79 bits per heavy atom. The van der Waals surface area contributed by atoms with Crippen LogP contribution in [0.4, 0.5) is 0 Å². The highest BCUT2D eigenvalue weighted by Crippen LogP contribution is 2.12. The molecule has 0 fully saturated rings. The van der Waals surface area contributed by atoms with Crippen LogP contribution in [0.1, 0.15) is 10.4 Å². The molecule has 2 aromatic heterocycles. The van der Waals surface area contributed by atoms with Gasteiger partial charge in [-0.05, 0) is 0 Å². The van der Waals surface area contributed by atoms with Crippen molar-refractivity contribution < 1.29 is 4.79 Å². The largest absolute Gasteiger partial charge is 0.298 e. The van der Waals surface area contributed by atoms with Crippen LogP contribution in [-0.2, 0) is 0 Å². The summed E-state index contributed by atoms with van der Waals surface area (Å²) in [6.45, 7) is 0. The second kappa shape index (κ2) is 3.55. The van der Waals surface area contributed by atoms with E-state index in [1.54, 1.807) is 0 Å². The Morgan fingerprint density at radius 1 is 1.36 bits per heavy atom. The second-order valence-corrected chi connectivity index (χ2v) is 2.86. The summed E-state index contributed by atoms with van der Waals surface area (Å²) in [5.41, 5.74) is 0.465. The van der Waals surface area contributed by atoms with E-state index in [1.165, 1.54) is 29.5 Å². The molecule has 0 atom stereocenters. The number of halogens is 1. The van der Waals surface area contributed by atoms with Gasteiger partial charge in [-0.3, -0.25) is 4.79 Å². The van der Waals surface area contributed by atoms with Gasteiger partial charge in [0.15, 0.2) is 17.3 Å². The maximum atomic E-state index is 10.4. The van der Waals surface area contributed by atoms with Crippen molar-refractivity contribution in [1.29, 1.82) is 0 Å². The number of nitrogens with zero attached hydrogens (tertiary/aromatic N) is 4. The predicted molar refractivity (Wildman–Crippen MR) is 49.6 cm³/mol. The van der Waals surface area contributed by atoms with E-state index >= 15 is 0 Å². The molecule has 6 heteroatoms. The highest BCUT2D eigenvalue weighted by Gasteiger charge is 2.05. The number of hydrogen-bond donors (Lipinski definition) is 0. The monoisotopic (exact) mass is 208 g/mol. The fraction of sp³-hybridized carbons (Fsp3) is 0. The van der Waals surface area contributed by atoms with E-state index in [2.05, 4.69) is 15.1 Å². The molecule has 0 aliphatic rings. The van der Waals surface area contributed by atoms with Gasteiger partial charge in [0.2, 0.25) is 0 Å². The zero-order valence-corrected chi connectivity index (χ0v) is 7.72. The Balaban J connectivity index is 2.49. The van der Waals surface area contributed by atoms with Gasteiger partial charge in [-0.2, -0.15) is 5.10 Å². The molecule has 0 amide bonds. The molecule has 0 unspecified atom stereocenters. The van der Waals surface area contributed by atoms with Crippen molar-refractivity contribution in [3.05, 3.63) is 35.5 Å². The number of rotatable bonds is 2. The summed E-state index contributed by atoms with van der Waals surface area (Å²) in [6.07, 6.45) is 6.65. The fourth-order valence-corrected chi connectivity index (χ4v) is 1.17. The smallest absolute Gasteiger partial charge is 0.191 e. The van der Waals surface area contributed by atoms with Crippen molar-refractivity contribution in [2.45, 2.75) is 0 Å². The predicted octanol–water partition coefficient (Wildman–Crippen LogP) is 1.13. The van der Waals surface area contributed by atoms with E-state index in [4.69, 9.17) is 11.6 Å². The Kier molecular flexibility index (Phi) is 2.24. The molecule has 70 valence electrons. The first kappa shape index (κ1) is 8.83. The maximum absolute atomic E-state index is 10.4. The molecule has 0 aromatic carbocycles. The lowest BCUT2D eigenvalue weighted by Gasteiger charge is -1.99. The molecule has 0 radical (unpaired) electrons. The quantitative estimate of drug-likeness (QED) is 0.694. The minimum absolute atomic E-state index is 0.244. The molecule has 0 aliphatic heterocycles. The van der Waals surface area contributed by atoms with Gasteiger partial charge in [-0.1, -0.05) is 11.6 Å². The number of aldehydes is 1. The molecular weight excluding hydrogens is 204 g/mol. The van der Waals surface area contributed by atoms with Crippen molar-refractivity contribution in [2.75, 3.05) is 0 Å². The molecule has 0 spiro atoms. The zero-order valence-electron chi connectivity index (χ0n) is 6.96. The molecule has 2 heterocycles. The number of hydrogen-bond acceptors (Lipinski definition) is 4. The third-order valence-electron chi connectivity index (χ3n) is 1.59. The van der Waals surface area contributed by atoms with Gasteiger partial charge in [0, 0.05) is 18.6 Å². The molecule has 0 saturated heterocycles. The molecule has 0 aliphatic carbocycles. The second-order valence-electron chi connectivity index (χ2n) is 2.51. The Labute approximate surface area is 84.4 Å². The van der Waals surface area contributed by atoms with Crippen LogP contribution in [0, 0.1) is 0 Å². The van der Waals surface area contributed by atoms with Crippen LogP contribution in [-0.4, -0.2) is 26.0 Å². The topological polar surface area (TPSA) is 60.7 Å². The van der Waals surface area contributed by atoms with E-state index in [0.717, 1.165) is 0 Å². The summed E-state index contributed by atoms with van der Waals surface area (Å²) in [7, 11) is 0. The van der Waals surface area contributed by atoms with Crippen LogP contribution >= 0.6 is 11.6 Å². The van der Waals surface area contributed by atoms with Crippen LogP contribution in [0.2, 0.25) is 5.15 Å². The van der Waals surface area contributed by atoms with Crippen molar-refractivity contribution in [2.24, 2.45) is 0 Å². The summed E-state index contributed by atoms with van der Waals surface area (Å²) < 4.78 is 1.40. The molecule has 0 N–H and O–H groups in total. The van der Waals surface area contributed by atoms with Crippen LogP contribution in [0.3, 0.4) is 0 Å². The van der Waals surface area contributed by atoms with Gasteiger partial charge >= 0.3 is 0 Å². The molecule has 0 bridgehead atoms. The molecule has 0 saturated carbocycles. The Morgan fingerprint density at radius 2 is 2.14 bits per heavy atom. The SMILES string of the molecule is O=Cc1cnn(-c2nccnc2Cl)c1. The molecule has 2 aromatic rings. The zero-order chi connectivity index (χ0) is 9.97. The van der Waals surface area contributed by atoms with Crippen molar-refractivity contribution >= 4 is 17.9 Å². The van der Waals surface area contributed by atoms with Gasteiger partial charge in [0.05, 0.1) is 11.8 Å². The minimum atomic E-state index is 0.244. The van der Waals surface area contributed by atoms with Crippen LogP contribution in [0.5, 0.6) is 0 Å². The lowest BCUT2D eigenvalue weighted by atomic mass is 10.4. The first-order valence-corrected chi connectivity index (χ1v) is 4.16. The normalized spacial score (nSPS) is 10.1. The lowest BCUT2D eigenvalue weighted by molar-refractivity contribution is 0.112. The third-order valence-corrected chi connectivity index (χ3v) is 1.86. The fourth-order valence-electron chi connectivity index (χ4n) is 0.981. The summed E-state index contributed by atoms with van der Waals surface area (Å²) in [4.78, 5) is 18.2. The van der Waals surface area contributed by atoms with E-state index in [9.17, 15) is 4.79 Å². The summed E-state index contributed by atoms with van der Waals surface area (Å²) in [5.74, 6) is 0.405. The van der Waals surface area contributed by atoms with E-state index in [1.807, 2.05) is 0 Å². The molecule has 14 heavy (non-hydrogen) atoms. The average Bonchev–Trinajstić information content (AvgIpc) is 2.67. The summed E-state index contributed by atoms with van der Waals surface area (Å²) in [6, 6.07) is 0. The van der Waals surface area contributed by atoms with Gasteiger partial charge in [0.25, 0.3) is 0 Å². The first-order chi connectivity index (χ1) is 6.81. The van der Waals surface area contributed by atoms with Crippen molar-refractivity contribution in [3.8, 4) is 5.82 Å². The van der Waals surface area contributed by atoms with Crippen molar-refractivity contribution in [1.82, 2.24) is 19.7 Å². The average molecular weight is 209 g/mol. The van der Waals surface area contributed by atoms with Crippen molar-refractivity contribution in [3.63, 3.8) is 0 Å². The van der Waals surface area contributed by atoms with E-state index in [-0.39, 0.29) is 5.15 Å². The summed E-state index contributed by atoms with van der Waals surface area (Å²) in [5, 5.41) is 4.16. The Bertz CT molecular complexity index is 468. The summed E-state index contributed by atoms with van der Waals surface area (Å²) >= 11 is 5.79. The number of carbonyl (C=O) groups excluding carboxylic acids is 1. The van der Waals surface area contributed by atoms with Crippen LogP contribution in [0.15, 0.2) is 24.8 Å². The third kappa shape index (κ3) is 1.49. The minimum Gasteiger partial charge on any atom is -0.298 e. The van der Waals surface area contributed by atoms with Gasteiger partial charge < -0.3 is 0 Å². The number of carbonyl (C=O) groups is 1.